The van der Waals surface area contributed by atoms with E-state index in [1.54, 1.807) is 42.6 Å². The Morgan fingerprint density at radius 3 is 2.67 bits per heavy atom. The fourth-order valence-corrected chi connectivity index (χ4v) is 2.01. The first-order valence-corrected chi connectivity index (χ1v) is 6.06. The number of benzene rings is 1. The average Bonchev–Trinajstić information content (AvgIpc) is 2.34. The lowest BCUT2D eigenvalue weighted by Crippen LogP contribution is -1.99. The number of alkyl halides is 2. The normalized spacial score (nSPS) is 10.6. The molecule has 1 aromatic carbocycles. The molecular weight excluding hydrogens is 256 g/mol. The van der Waals surface area contributed by atoms with Crippen LogP contribution in [-0.2, 0) is 0 Å². The molecule has 0 bridgehead atoms. The highest BCUT2D eigenvalue weighted by Crippen LogP contribution is 2.33. The van der Waals surface area contributed by atoms with Crippen LogP contribution in [-0.4, -0.2) is 10.7 Å². The summed E-state index contributed by atoms with van der Waals surface area (Å²) in [6, 6.07) is 10.2. The van der Waals surface area contributed by atoms with Gasteiger partial charge in [0.1, 0.15) is 0 Å². The molecule has 0 spiro atoms. The second kappa shape index (κ2) is 5.68. The zero-order valence-electron chi connectivity index (χ0n) is 9.31. The van der Waals surface area contributed by atoms with Gasteiger partial charge in [-0.1, -0.05) is 23.9 Å². The van der Waals surface area contributed by atoms with E-state index in [0.29, 0.717) is 33.9 Å². The zero-order valence-corrected chi connectivity index (χ0v) is 10.1. The van der Waals surface area contributed by atoms with Gasteiger partial charge in [-0.2, -0.15) is 8.78 Å². The van der Waals surface area contributed by atoms with Gasteiger partial charge < -0.3 is 11.1 Å². The Bertz CT molecular complexity index is 534. The molecule has 2 aromatic rings. The van der Waals surface area contributed by atoms with Gasteiger partial charge in [0, 0.05) is 11.1 Å². The molecule has 0 aliphatic rings. The summed E-state index contributed by atoms with van der Waals surface area (Å²) in [5, 5.41) is 2.96. The van der Waals surface area contributed by atoms with Crippen molar-refractivity contribution in [3.8, 4) is 0 Å². The summed E-state index contributed by atoms with van der Waals surface area (Å²) in [6.45, 7) is 0. The molecule has 1 heterocycles. The average molecular weight is 267 g/mol. The van der Waals surface area contributed by atoms with Crippen LogP contribution in [0, 0.1) is 0 Å². The maximum absolute atomic E-state index is 12.4. The number of hydrogen-bond donors (Lipinski definition) is 2. The quantitative estimate of drug-likeness (QED) is 0.829. The Labute approximate surface area is 107 Å². The predicted molar refractivity (Wildman–Crippen MR) is 70.2 cm³/mol. The van der Waals surface area contributed by atoms with Crippen LogP contribution < -0.4 is 11.1 Å². The molecule has 0 aliphatic heterocycles. The third-order valence-electron chi connectivity index (χ3n) is 2.20. The number of pyridine rings is 1. The van der Waals surface area contributed by atoms with Crippen molar-refractivity contribution in [3.05, 3.63) is 42.6 Å². The Balaban J connectivity index is 2.26. The maximum atomic E-state index is 12.4. The van der Waals surface area contributed by atoms with Crippen LogP contribution in [0.4, 0.5) is 26.0 Å². The second-order valence-electron chi connectivity index (χ2n) is 3.44. The minimum Gasteiger partial charge on any atom is -0.396 e. The first-order valence-electron chi connectivity index (χ1n) is 5.18. The molecule has 2 rings (SSSR count). The highest BCUT2D eigenvalue weighted by molar-refractivity contribution is 7.99. The molecular formula is C12H11F2N3S. The maximum Gasteiger partial charge on any atom is 0.288 e. The van der Waals surface area contributed by atoms with Crippen LogP contribution in [0.2, 0.25) is 0 Å². The van der Waals surface area contributed by atoms with E-state index in [-0.39, 0.29) is 0 Å². The van der Waals surface area contributed by atoms with Crippen molar-refractivity contribution in [2.24, 2.45) is 0 Å². The summed E-state index contributed by atoms with van der Waals surface area (Å²) in [7, 11) is 0. The lowest BCUT2D eigenvalue weighted by atomic mass is 10.3. The van der Waals surface area contributed by atoms with Crippen LogP contribution in [0.25, 0.3) is 0 Å². The molecule has 94 valence electrons. The predicted octanol–water partition coefficient (Wildman–Crippen LogP) is 3.72. The van der Waals surface area contributed by atoms with Gasteiger partial charge in [-0.25, -0.2) is 4.98 Å². The number of nitrogens with one attached hydrogen (secondary N) is 1. The number of hydrogen-bond acceptors (Lipinski definition) is 4. The number of nitrogens with two attached hydrogens (primary N) is 1. The lowest BCUT2D eigenvalue weighted by Gasteiger charge is -2.11. The number of anilines is 3. The van der Waals surface area contributed by atoms with Crippen LogP contribution >= 0.6 is 11.8 Å². The summed E-state index contributed by atoms with van der Waals surface area (Å²) in [6.07, 6.45) is 1.58. The number of nitrogens with zero attached hydrogens (tertiary/aromatic N) is 1. The van der Waals surface area contributed by atoms with Crippen molar-refractivity contribution in [1.82, 2.24) is 4.98 Å². The summed E-state index contributed by atoms with van der Waals surface area (Å²) in [4.78, 5) is 4.52. The number of rotatable bonds is 4. The highest BCUT2D eigenvalue weighted by atomic mass is 32.2. The standard InChI is InChI=1S/C12H11F2N3S/c13-12(14)18-10-6-2-1-5-9(10)17-11-8(15)4-3-7-16-11/h1-7,12H,15H2,(H,16,17). The third kappa shape index (κ3) is 3.10. The number of para-hydroxylation sites is 1. The number of thioether (sulfide) groups is 1. The van der Waals surface area contributed by atoms with Crippen molar-refractivity contribution >= 4 is 29.0 Å². The highest BCUT2D eigenvalue weighted by Gasteiger charge is 2.10. The molecule has 6 heteroatoms. The van der Waals surface area contributed by atoms with Gasteiger partial charge in [-0.15, -0.1) is 0 Å². The van der Waals surface area contributed by atoms with E-state index >= 15 is 0 Å². The van der Waals surface area contributed by atoms with E-state index < -0.39 is 5.76 Å². The van der Waals surface area contributed by atoms with E-state index in [9.17, 15) is 8.78 Å². The van der Waals surface area contributed by atoms with Crippen LogP contribution in [0.15, 0.2) is 47.5 Å². The molecule has 3 N–H and O–H groups in total. The number of nitrogen functional groups attached to an aromatic ring is 1. The van der Waals surface area contributed by atoms with Gasteiger partial charge in [0.2, 0.25) is 0 Å². The molecule has 0 amide bonds. The third-order valence-corrected chi connectivity index (χ3v) is 2.98. The van der Waals surface area contributed by atoms with Crippen molar-refractivity contribution in [3.63, 3.8) is 0 Å². The first-order chi connectivity index (χ1) is 8.66. The van der Waals surface area contributed by atoms with E-state index in [4.69, 9.17) is 5.73 Å². The Hall–Kier alpha value is -1.82. The molecule has 1 aromatic heterocycles. The number of aromatic nitrogens is 1. The van der Waals surface area contributed by atoms with Gasteiger partial charge in [-0.3, -0.25) is 0 Å². The Morgan fingerprint density at radius 1 is 1.17 bits per heavy atom. The lowest BCUT2D eigenvalue weighted by molar-refractivity contribution is 0.252. The first kappa shape index (κ1) is 12.6. The Kier molecular flexibility index (Phi) is 3.99. The van der Waals surface area contributed by atoms with E-state index in [1.807, 2.05) is 0 Å². The van der Waals surface area contributed by atoms with Gasteiger partial charge in [0.15, 0.2) is 5.82 Å². The Morgan fingerprint density at radius 2 is 1.94 bits per heavy atom. The monoisotopic (exact) mass is 267 g/mol. The molecule has 0 radical (unpaired) electrons. The molecule has 0 fully saturated rings. The number of halogens is 2. The fraction of sp³-hybridized carbons (Fsp3) is 0.0833. The smallest absolute Gasteiger partial charge is 0.288 e. The molecule has 18 heavy (non-hydrogen) atoms. The van der Waals surface area contributed by atoms with E-state index in [1.165, 1.54) is 0 Å². The van der Waals surface area contributed by atoms with E-state index in [2.05, 4.69) is 10.3 Å². The topological polar surface area (TPSA) is 50.9 Å². The van der Waals surface area contributed by atoms with Crippen molar-refractivity contribution < 1.29 is 8.78 Å². The summed E-state index contributed by atoms with van der Waals surface area (Å²) in [5.74, 6) is -2.01. The minimum absolute atomic E-state index is 0.456. The minimum atomic E-state index is -2.46. The zero-order chi connectivity index (χ0) is 13.0. The van der Waals surface area contributed by atoms with Gasteiger partial charge >= 0.3 is 0 Å². The van der Waals surface area contributed by atoms with Crippen LogP contribution in [0.5, 0.6) is 0 Å². The molecule has 0 atom stereocenters. The molecule has 0 unspecified atom stereocenters. The summed E-state index contributed by atoms with van der Waals surface area (Å²) < 4.78 is 24.8. The fourth-order valence-electron chi connectivity index (χ4n) is 1.42. The van der Waals surface area contributed by atoms with Gasteiger partial charge in [0.05, 0.1) is 11.4 Å². The van der Waals surface area contributed by atoms with Crippen molar-refractivity contribution in [1.29, 1.82) is 0 Å². The van der Waals surface area contributed by atoms with Crippen molar-refractivity contribution in [2.45, 2.75) is 10.7 Å². The summed E-state index contributed by atoms with van der Waals surface area (Å²) in [5.41, 5.74) is 6.77. The van der Waals surface area contributed by atoms with Crippen LogP contribution in [0.1, 0.15) is 0 Å². The van der Waals surface area contributed by atoms with Gasteiger partial charge in [0.25, 0.3) is 5.76 Å². The van der Waals surface area contributed by atoms with Gasteiger partial charge in [-0.05, 0) is 24.3 Å². The molecule has 0 saturated carbocycles. The SMILES string of the molecule is Nc1cccnc1Nc1ccccc1SC(F)F. The van der Waals surface area contributed by atoms with Crippen molar-refractivity contribution in [2.75, 3.05) is 11.1 Å². The molecule has 0 saturated heterocycles. The summed E-state index contributed by atoms with van der Waals surface area (Å²) >= 11 is 0.486. The van der Waals surface area contributed by atoms with Crippen LogP contribution in [0.3, 0.4) is 0 Å². The largest absolute Gasteiger partial charge is 0.396 e. The van der Waals surface area contributed by atoms with E-state index in [0.717, 1.165) is 0 Å². The second-order valence-corrected chi connectivity index (χ2v) is 4.47. The molecule has 3 nitrogen and oxygen atoms in total. The molecule has 0 aliphatic carbocycles.